The van der Waals surface area contributed by atoms with E-state index in [0.29, 0.717) is 30.0 Å². The molecular formula is C19H28F2O. The van der Waals surface area contributed by atoms with E-state index in [1.807, 2.05) is 0 Å². The van der Waals surface area contributed by atoms with Crippen LogP contribution in [0.2, 0.25) is 0 Å². The first-order valence-corrected chi connectivity index (χ1v) is 9.17. The minimum absolute atomic E-state index is 0.0735. The SMILES string of the molecule is C[C@]12CCC(F)(F)CC1CC[C@@H]1[C@H]2CC[C@]2(C)C(=O)CC[C@@H]12. The van der Waals surface area contributed by atoms with Gasteiger partial charge < -0.3 is 0 Å². The molecule has 1 nitrogen and oxygen atoms in total. The minimum atomic E-state index is -2.44. The van der Waals surface area contributed by atoms with E-state index in [1.165, 1.54) is 0 Å². The van der Waals surface area contributed by atoms with Gasteiger partial charge in [-0.05, 0) is 67.6 Å². The molecule has 0 bridgehead atoms. The van der Waals surface area contributed by atoms with Gasteiger partial charge in [-0.25, -0.2) is 8.78 Å². The van der Waals surface area contributed by atoms with Crippen LogP contribution in [-0.4, -0.2) is 11.7 Å². The Hall–Kier alpha value is -0.470. The number of halogens is 2. The van der Waals surface area contributed by atoms with Crippen molar-refractivity contribution in [1.29, 1.82) is 0 Å². The maximum Gasteiger partial charge on any atom is 0.248 e. The number of hydrogen-bond donors (Lipinski definition) is 0. The van der Waals surface area contributed by atoms with Crippen LogP contribution >= 0.6 is 0 Å². The van der Waals surface area contributed by atoms with Crippen molar-refractivity contribution in [3.8, 4) is 0 Å². The van der Waals surface area contributed by atoms with E-state index < -0.39 is 5.92 Å². The first-order valence-electron chi connectivity index (χ1n) is 9.17. The number of carbonyl (C=O) groups excluding carboxylic acids is 1. The number of hydrogen-bond acceptors (Lipinski definition) is 1. The van der Waals surface area contributed by atoms with Crippen LogP contribution in [0.25, 0.3) is 0 Å². The van der Waals surface area contributed by atoms with E-state index in [-0.39, 0.29) is 29.6 Å². The Labute approximate surface area is 132 Å². The topological polar surface area (TPSA) is 17.1 Å². The lowest BCUT2D eigenvalue weighted by molar-refractivity contribution is -0.163. The predicted octanol–water partition coefficient (Wildman–Crippen LogP) is 5.23. The summed E-state index contributed by atoms with van der Waals surface area (Å²) in [7, 11) is 0. The summed E-state index contributed by atoms with van der Waals surface area (Å²) in [6.07, 6.45) is 6.78. The fourth-order valence-electron chi connectivity index (χ4n) is 6.95. The number of rotatable bonds is 0. The molecule has 4 aliphatic carbocycles. The highest BCUT2D eigenvalue weighted by molar-refractivity contribution is 5.87. The molecule has 0 aromatic carbocycles. The molecule has 4 fully saturated rings. The van der Waals surface area contributed by atoms with Crippen LogP contribution in [0.3, 0.4) is 0 Å². The molecule has 124 valence electrons. The maximum absolute atomic E-state index is 13.9. The monoisotopic (exact) mass is 310 g/mol. The standard InChI is InChI=1S/C19H28F2O/c1-17-9-10-19(20,21)11-12(17)3-4-13-14-5-6-16(22)18(14,2)8-7-15(13)17/h12-15H,3-11H2,1-2H3/t12?,13-,14-,15+,17-,18-/m0/s1. The number of ketones is 1. The zero-order chi connectivity index (χ0) is 15.8. The van der Waals surface area contributed by atoms with E-state index in [4.69, 9.17) is 0 Å². The van der Waals surface area contributed by atoms with Gasteiger partial charge in [-0.1, -0.05) is 13.8 Å². The Balaban J connectivity index is 1.63. The summed E-state index contributed by atoms with van der Waals surface area (Å²) in [5, 5.41) is 0. The summed E-state index contributed by atoms with van der Waals surface area (Å²) in [5.41, 5.74) is 0.000528. The third kappa shape index (κ3) is 1.89. The third-order valence-corrected chi connectivity index (χ3v) is 8.35. The van der Waals surface area contributed by atoms with Gasteiger partial charge in [0.1, 0.15) is 5.78 Å². The molecular weight excluding hydrogens is 282 g/mol. The third-order valence-electron chi connectivity index (χ3n) is 8.35. The highest BCUT2D eigenvalue weighted by Crippen LogP contribution is 2.66. The number of fused-ring (bicyclic) bond motifs is 5. The number of alkyl halides is 2. The first-order chi connectivity index (χ1) is 10.3. The van der Waals surface area contributed by atoms with Gasteiger partial charge in [-0.15, -0.1) is 0 Å². The Morgan fingerprint density at radius 2 is 1.73 bits per heavy atom. The van der Waals surface area contributed by atoms with E-state index in [9.17, 15) is 13.6 Å². The van der Waals surface area contributed by atoms with Crippen molar-refractivity contribution >= 4 is 5.78 Å². The summed E-state index contributed by atoms with van der Waals surface area (Å²) in [4.78, 5) is 12.4. The molecule has 4 rings (SSSR count). The fraction of sp³-hybridized carbons (Fsp3) is 0.947. The Morgan fingerprint density at radius 1 is 0.955 bits per heavy atom. The lowest BCUT2D eigenvalue weighted by Gasteiger charge is -2.60. The highest BCUT2D eigenvalue weighted by Gasteiger charge is 2.61. The van der Waals surface area contributed by atoms with E-state index in [1.54, 1.807) is 0 Å². The molecule has 0 amide bonds. The van der Waals surface area contributed by atoms with Crippen LogP contribution in [0, 0.1) is 34.5 Å². The molecule has 0 aromatic rings. The first kappa shape index (κ1) is 15.1. The Morgan fingerprint density at radius 3 is 2.50 bits per heavy atom. The predicted molar refractivity (Wildman–Crippen MR) is 81.7 cm³/mol. The second kappa shape index (κ2) is 4.54. The van der Waals surface area contributed by atoms with Crippen LogP contribution < -0.4 is 0 Å². The zero-order valence-electron chi connectivity index (χ0n) is 13.8. The largest absolute Gasteiger partial charge is 0.299 e. The van der Waals surface area contributed by atoms with Crippen LogP contribution in [0.5, 0.6) is 0 Å². The Kier molecular flexibility index (Phi) is 3.11. The van der Waals surface area contributed by atoms with Gasteiger partial charge in [0.25, 0.3) is 0 Å². The summed E-state index contributed by atoms with van der Waals surface area (Å²) >= 11 is 0. The summed E-state index contributed by atoms with van der Waals surface area (Å²) < 4.78 is 27.7. The molecule has 0 radical (unpaired) electrons. The van der Waals surface area contributed by atoms with Gasteiger partial charge in [-0.2, -0.15) is 0 Å². The molecule has 6 atom stereocenters. The average Bonchev–Trinajstić information content (AvgIpc) is 2.76. The number of carbonyl (C=O) groups is 1. The lowest BCUT2D eigenvalue weighted by Crippen LogP contribution is -2.54. The molecule has 4 aliphatic rings. The molecule has 0 N–H and O–H groups in total. The molecule has 22 heavy (non-hydrogen) atoms. The molecule has 0 aliphatic heterocycles. The van der Waals surface area contributed by atoms with Crippen molar-refractivity contribution in [2.24, 2.45) is 34.5 Å². The van der Waals surface area contributed by atoms with Crippen molar-refractivity contribution in [3.63, 3.8) is 0 Å². The average molecular weight is 310 g/mol. The second-order valence-electron chi connectivity index (χ2n) is 9.14. The number of Topliss-reactive ketones (excluding diaryl/α,β-unsaturated/α-hetero) is 1. The molecule has 4 saturated carbocycles. The zero-order valence-corrected chi connectivity index (χ0v) is 13.8. The van der Waals surface area contributed by atoms with Gasteiger partial charge in [0, 0.05) is 24.7 Å². The normalized spacial score (nSPS) is 53.5. The quantitative estimate of drug-likeness (QED) is 0.598. The van der Waals surface area contributed by atoms with E-state index in [0.717, 1.165) is 38.5 Å². The van der Waals surface area contributed by atoms with Gasteiger partial charge >= 0.3 is 0 Å². The van der Waals surface area contributed by atoms with Crippen molar-refractivity contribution in [3.05, 3.63) is 0 Å². The molecule has 0 heterocycles. The molecule has 0 saturated heterocycles. The molecule has 0 spiro atoms. The van der Waals surface area contributed by atoms with Crippen molar-refractivity contribution < 1.29 is 13.6 Å². The van der Waals surface area contributed by atoms with Crippen LogP contribution in [0.1, 0.15) is 71.6 Å². The van der Waals surface area contributed by atoms with Crippen LogP contribution in [0.15, 0.2) is 0 Å². The summed E-state index contributed by atoms with van der Waals surface area (Å²) in [5.74, 6) is -0.0652. The van der Waals surface area contributed by atoms with E-state index >= 15 is 0 Å². The van der Waals surface area contributed by atoms with Gasteiger partial charge in [0.05, 0.1) is 0 Å². The maximum atomic E-state index is 13.9. The van der Waals surface area contributed by atoms with Crippen LogP contribution in [-0.2, 0) is 4.79 Å². The van der Waals surface area contributed by atoms with Gasteiger partial charge in [-0.3, -0.25) is 4.79 Å². The Bertz CT molecular complexity index is 502. The molecule has 1 unspecified atom stereocenters. The minimum Gasteiger partial charge on any atom is -0.299 e. The fourth-order valence-corrected chi connectivity index (χ4v) is 6.95. The van der Waals surface area contributed by atoms with Gasteiger partial charge in [0.2, 0.25) is 5.92 Å². The van der Waals surface area contributed by atoms with Gasteiger partial charge in [0.15, 0.2) is 0 Å². The lowest BCUT2D eigenvalue weighted by atomic mass is 9.45. The molecule has 3 heteroatoms. The van der Waals surface area contributed by atoms with Crippen molar-refractivity contribution in [1.82, 2.24) is 0 Å². The summed E-state index contributed by atoms with van der Waals surface area (Å²) in [6.45, 7) is 4.48. The molecule has 0 aromatic heterocycles. The van der Waals surface area contributed by atoms with Crippen molar-refractivity contribution in [2.45, 2.75) is 77.6 Å². The van der Waals surface area contributed by atoms with Crippen molar-refractivity contribution in [2.75, 3.05) is 0 Å². The highest BCUT2D eigenvalue weighted by atomic mass is 19.3. The van der Waals surface area contributed by atoms with E-state index in [2.05, 4.69) is 13.8 Å². The smallest absolute Gasteiger partial charge is 0.248 e. The van der Waals surface area contributed by atoms with Crippen LogP contribution in [0.4, 0.5) is 8.78 Å². The second-order valence-corrected chi connectivity index (χ2v) is 9.14. The summed E-state index contributed by atoms with van der Waals surface area (Å²) in [6, 6.07) is 0.